The van der Waals surface area contributed by atoms with Crippen LogP contribution in [0.5, 0.6) is 11.5 Å². The van der Waals surface area contributed by atoms with Gasteiger partial charge in [0.25, 0.3) is 0 Å². The number of para-hydroxylation sites is 1. The Labute approximate surface area is 155 Å². The zero-order valence-corrected chi connectivity index (χ0v) is 14.8. The highest BCUT2D eigenvalue weighted by Crippen LogP contribution is 2.38. The second-order valence-electron chi connectivity index (χ2n) is 5.40. The number of carboxylic acids is 1. The van der Waals surface area contributed by atoms with Crippen LogP contribution in [0.2, 0.25) is 0 Å². The van der Waals surface area contributed by atoms with Crippen LogP contribution in [-0.2, 0) is 0 Å². The van der Waals surface area contributed by atoms with E-state index in [1.807, 2.05) is 6.92 Å². The molecule has 9 nitrogen and oxygen atoms in total. The third kappa shape index (κ3) is 4.94. The first kappa shape index (κ1) is 19.7. The minimum absolute atomic E-state index is 0.0570. The molecule has 0 atom stereocenters. The van der Waals surface area contributed by atoms with Crippen molar-refractivity contribution >= 4 is 23.6 Å². The molecule has 0 aliphatic carbocycles. The monoisotopic (exact) mass is 373 g/mol. The number of rotatable bonds is 9. The second kappa shape index (κ2) is 9.18. The number of nitrogens with zero attached hydrogens (tertiary/aromatic N) is 2. The van der Waals surface area contributed by atoms with Crippen LogP contribution < -0.4 is 14.9 Å². The summed E-state index contributed by atoms with van der Waals surface area (Å²) in [6.45, 7) is 2.21. The van der Waals surface area contributed by atoms with Gasteiger partial charge in [-0.15, -0.1) is 0 Å². The lowest BCUT2D eigenvalue weighted by Crippen LogP contribution is -2.04. The molecule has 0 saturated heterocycles. The number of hydrazone groups is 1. The van der Waals surface area contributed by atoms with Gasteiger partial charge in [0.1, 0.15) is 0 Å². The number of aromatic carboxylic acids is 1. The van der Waals surface area contributed by atoms with Gasteiger partial charge >= 0.3 is 11.7 Å². The molecule has 0 saturated carbocycles. The summed E-state index contributed by atoms with van der Waals surface area (Å²) in [4.78, 5) is 22.0. The van der Waals surface area contributed by atoms with Crippen molar-refractivity contribution in [2.45, 2.75) is 13.3 Å². The van der Waals surface area contributed by atoms with Crippen molar-refractivity contribution in [3.05, 3.63) is 57.6 Å². The quantitative estimate of drug-likeness (QED) is 0.391. The molecule has 142 valence electrons. The van der Waals surface area contributed by atoms with Crippen molar-refractivity contribution in [1.82, 2.24) is 0 Å². The summed E-state index contributed by atoms with van der Waals surface area (Å²) >= 11 is 0. The van der Waals surface area contributed by atoms with E-state index in [1.54, 1.807) is 24.3 Å². The van der Waals surface area contributed by atoms with Crippen LogP contribution >= 0.6 is 0 Å². The van der Waals surface area contributed by atoms with Crippen LogP contribution in [0.4, 0.5) is 11.4 Å². The molecule has 0 radical (unpaired) electrons. The third-order valence-electron chi connectivity index (χ3n) is 3.48. The maximum atomic E-state index is 11.4. The normalized spacial score (nSPS) is 10.6. The van der Waals surface area contributed by atoms with E-state index in [2.05, 4.69) is 10.5 Å². The molecule has 27 heavy (non-hydrogen) atoms. The first-order chi connectivity index (χ1) is 13.0. The summed E-state index contributed by atoms with van der Waals surface area (Å²) in [5, 5.41) is 24.5. The molecule has 2 N–H and O–H groups in total. The Morgan fingerprint density at radius 3 is 2.74 bits per heavy atom. The Hall–Kier alpha value is -3.62. The van der Waals surface area contributed by atoms with Crippen LogP contribution in [-0.4, -0.2) is 35.9 Å². The lowest BCUT2D eigenvalue weighted by molar-refractivity contribution is -0.386. The maximum absolute atomic E-state index is 11.4. The number of nitro groups is 1. The van der Waals surface area contributed by atoms with Crippen molar-refractivity contribution in [3.63, 3.8) is 0 Å². The van der Waals surface area contributed by atoms with Gasteiger partial charge in [0.15, 0.2) is 5.75 Å². The van der Waals surface area contributed by atoms with Crippen LogP contribution in [0.1, 0.15) is 29.3 Å². The fourth-order valence-corrected chi connectivity index (χ4v) is 2.26. The summed E-state index contributed by atoms with van der Waals surface area (Å²) in [5.74, 6) is -0.821. The van der Waals surface area contributed by atoms with Gasteiger partial charge in [-0.3, -0.25) is 15.5 Å². The third-order valence-corrected chi connectivity index (χ3v) is 3.48. The average Bonchev–Trinajstić information content (AvgIpc) is 2.66. The number of nitro benzene ring substituents is 1. The van der Waals surface area contributed by atoms with Gasteiger partial charge in [0.05, 0.1) is 36.1 Å². The van der Waals surface area contributed by atoms with Crippen molar-refractivity contribution in [2.75, 3.05) is 19.1 Å². The van der Waals surface area contributed by atoms with E-state index in [0.717, 1.165) is 0 Å². The summed E-state index contributed by atoms with van der Waals surface area (Å²) < 4.78 is 10.6. The van der Waals surface area contributed by atoms with E-state index in [0.29, 0.717) is 24.3 Å². The molecule has 0 amide bonds. The van der Waals surface area contributed by atoms with Crippen molar-refractivity contribution in [2.24, 2.45) is 5.10 Å². The Balaban J connectivity index is 2.31. The molecule has 0 bridgehead atoms. The molecule has 0 fully saturated rings. The van der Waals surface area contributed by atoms with Crippen LogP contribution in [0.25, 0.3) is 0 Å². The van der Waals surface area contributed by atoms with Crippen LogP contribution in [0.3, 0.4) is 0 Å². The number of carboxylic acid groups (broad SMARTS) is 1. The van der Waals surface area contributed by atoms with E-state index < -0.39 is 10.9 Å². The summed E-state index contributed by atoms with van der Waals surface area (Å²) in [7, 11) is 1.39. The predicted molar refractivity (Wildman–Crippen MR) is 100 cm³/mol. The Kier molecular flexibility index (Phi) is 6.70. The van der Waals surface area contributed by atoms with Crippen molar-refractivity contribution in [3.8, 4) is 11.5 Å². The summed E-state index contributed by atoms with van der Waals surface area (Å²) in [6, 6.07) is 9.12. The number of methoxy groups -OCH3 is 1. The molecule has 0 aliphatic rings. The second-order valence-corrected chi connectivity index (χ2v) is 5.40. The standard InChI is InChI=1S/C18H19N3O6/c1-3-8-27-17-15(21(24)25)9-12(10-16(17)26-2)11-19-20-14-7-5-4-6-13(14)18(22)23/h4-7,9-11,20H,3,8H2,1-2H3,(H,22,23). The molecular formula is C18H19N3O6. The molecule has 0 aromatic heterocycles. The van der Waals surface area contributed by atoms with Crippen molar-refractivity contribution < 1.29 is 24.3 Å². The van der Waals surface area contributed by atoms with Crippen molar-refractivity contribution in [1.29, 1.82) is 0 Å². The zero-order valence-electron chi connectivity index (χ0n) is 14.8. The Morgan fingerprint density at radius 2 is 2.11 bits per heavy atom. The zero-order chi connectivity index (χ0) is 19.8. The molecule has 0 heterocycles. The smallest absolute Gasteiger partial charge is 0.337 e. The number of nitrogens with one attached hydrogen (secondary N) is 1. The van der Waals surface area contributed by atoms with Gasteiger partial charge in [-0.25, -0.2) is 4.79 Å². The van der Waals surface area contributed by atoms with Gasteiger partial charge in [0.2, 0.25) is 5.75 Å². The van der Waals surface area contributed by atoms with Gasteiger partial charge in [0, 0.05) is 11.6 Å². The molecule has 2 rings (SSSR count). The van der Waals surface area contributed by atoms with E-state index in [1.165, 1.54) is 25.5 Å². The topological polar surface area (TPSA) is 123 Å². The molecule has 0 spiro atoms. The SMILES string of the molecule is CCCOc1c(OC)cc(C=NNc2ccccc2C(=O)O)cc1[N+](=O)[O-]. The van der Waals surface area contributed by atoms with Gasteiger partial charge in [-0.2, -0.15) is 5.10 Å². The van der Waals surface area contributed by atoms with E-state index >= 15 is 0 Å². The Bertz CT molecular complexity index is 866. The molecule has 0 aliphatic heterocycles. The minimum atomic E-state index is -1.09. The number of anilines is 1. The lowest BCUT2D eigenvalue weighted by atomic mass is 10.2. The predicted octanol–water partition coefficient (Wildman–Crippen LogP) is 3.54. The van der Waals surface area contributed by atoms with Gasteiger partial charge in [-0.1, -0.05) is 19.1 Å². The molecule has 9 heteroatoms. The average molecular weight is 373 g/mol. The first-order valence-electron chi connectivity index (χ1n) is 8.08. The number of carbonyl (C=O) groups is 1. The first-order valence-corrected chi connectivity index (χ1v) is 8.08. The summed E-state index contributed by atoms with van der Waals surface area (Å²) in [5.41, 5.74) is 3.13. The van der Waals surface area contributed by atoms with Gasteiger partial charge in [-0.05, 0) is 24.6 Å². The molecule has 2 aromatic rings. The highest BCUT2D eigenvalue weighted by molar-refractivity contribution is 5.94. The largest absolute Gasteiger partial charge is 0.493 e. The van der Waals surface area contributed by atoms with Gasteiger partial charge < -0.3 is 14.6 Å². The number of hydrogen-bond acceptors (Lipinski definition) is 7. The van der Waals surface area contributed by atoms with E-state index in [4.69, 9.17) is 14.6 Å². The lowest BCUT2D eigenvalue weighted by Gasteiger charge is -2.11. The van der Waals surface area contributed by atoms with Crippen LogP contribution in [0, 0.1) is 10.1 Å². The fraction of sp³-hybridized carbons (Fsp3) is 0.222. The minimum Gasteiger partial charge on any atom is -0.493 e. The Morgan fingerprint density at radius 1 is 1.37 bits per heavy atom. The highest BCUT2D eigenvalue weighted by atomic mass is 16.6. The highest BCUT2D eigenvalue weighted by Gasteiger charge is 2.22. The number of hydrogen-bond donors (Lipinski definition) is 2. The summed E-state index contributed by atoms with van der Waals surface area (Å²) in [6.07, 6.45) is 2.02. The molecular weight excluding hydrogens is 354 g/mol. The number of benzene rings is 2. The van der Waals surface area contributed by atoms with E-state index in [-0.39, 0.29) is 22.7 Å². The molecule has 0 unspecified atom stereocenters. The number of ether oxygens (including phenoxy) is 2. The van der Waals surface area contributed by atoms with E-state index in [9.17, 15) is 14.9 Å². The molecule has 2 aromatic carbocycles. The maximum Gasteiger partial charge on any atom is 0.337 e. The fourth-order valence-electron chi connectivity index (χ4n) is 2.26. The van der Waals surface area contributed by atoms with Crippen LogP contribution in [0.15, 0.2) is 41.5 Å².